The van der Waals surface area contributed by atoms with E-state index in [4.69, 9.17) is 4.74 Å². The van der Waals surface area contributed by atoms with Crippen molar-refractivity contribution >= 4 is 22.6 Å². The van der Waals surface area contributed by atoms with Crippen LogP contribution in [0.1, 0.15) is 51.9 Å². The molecule has 2 N–H and O–H groups in total. The van der Waals surface area contributed by atoms with Gasteiger partial charge in [-0.15, -0.1) is 0 Å². The highest BCUT2D eigenvalue weighted by Gasteiger charge is 2.66. The number of H-pyrrole nitrogens is 1. The molecule has 0 radical (unpaired) electrons. The highest BCUT2D eigenvalue weighted by Crippen LogP contribution is 2.58. The van der Waals surface area contributed by atoms with E-state index >= 15 is 4.39 Å². The number of aromatic nitrogens is 2. The van der Waals surface area contributed by atoms with Crippen molar-refractivity contribution in [3.8, 4) is 16.9 Å². The summed E-state index contributed by atoms with van der Waals surface area (Å²) in [6.07, 6.45) is -4.58. The van der Waals surface area contributed by atoms with Gasteiger partial charge in [-0.3, -0.25) is 4.79 Å². The van der Waals surface area contributed by atoms with Gasteiger partial charge in [-0.2, -0.15) is 13.2 Å². The predicted molar refractivity (Wildman–Crippen MR) is 118 cm³/mol. The van der Waals surface area contributed by atoms with Crippen LogP contribution in [0.15, 0.2) is 24.3 Å². The van der Waals surface area contributed by atoms with Gasteiger partial charge in [0.15, 0.2) is 0 Å². The largest absolute Gasteiger partial charge is 0.497 e. The number of imidazole rings is 1. The third kappa shape index (κ3) is 3.83. The quantitative estimate of drug-likeness (QED) is 0.451. The van der Waals surface area contributed by atoms with Gasteiger partial charge >= 0.3 is 6.18 Å². The number of rotatable bonds is 4. The second-order valence-electron chi connectivity index (χ2n) is 9.52. The number of methoxy groups -OCH3 is 1. The number of amides is 1. The number of aromatic amines is 1. The SMILES string of the molecule is COc1cc(-c2c(NC(C)=O)ccc3[nH]c(C4(C(F)(F)F)CC4)nc23)c(F)c(C(C)(C)C)c1. The molecule has 0 unspecified atom stereocenters. The molecule has 176 valence electrons. The summed E-state index contributed by atoms with van der Waals surface area (Å²) in [4.78, 5) is 19.0. The molecule has 0 atom stereocenters. The smallest absolute Gasteiger partial charge is 0.401 e. The molecule has 1 aliphatic carbocycles. The van der Waals surface area contributed by atoms with E-state index in [2.05, 4.69) is 15.3 Å². The van der Waals surface area contributed by atoms with Crippen molar-refractivity contribution in [3.05, 3.63) is 41.5 Å². The van der Waals surface area contributed by atoms with Crippen molar-refractivity contribution in [2.24, 2.45) is 0 Å². The zero-order valence-electron chi connectivity index (χ0n) is 19.0. The van der Waals surface area contributed by atoms with Crippen LogP contribution in [0.3, 0.4) is 0 Å². The molecular weight excluding hydrogens is 438 g/mol. The summed E-state index contributed by atoms with van der Waals surface area (Å²) in [5.74, 6) is -0.777. The van der Waals surface area contributed by atoms with Crippen molar-refractivity contribution < 1.29 is 27.1 Å². The van der Waals surface area contributed by atoms with Crippen LogP contribution in [0, 0.1) is 5.82 Å². The first-order valence-electron chi connectivity index (χ1n) is 10.5. The zero-order valence-corrected chi connectivity index (χ0v) is 19.0. The molecule has 1 heterocycles. The molecule has 3 aromatic rings. The van der Waals surface area contributed by atoms with Crippen molar-refractivity contribution in [3.63, 3.8) is 0 Å². The van der Waals surface area contributed by atoms with Gasteiger partial charge in [-0.1, -0.05) is 20.8 Å². The first-order valence-corrected chi connectivity index (χ1v) is 10.5. The Labute approximate surface area is 188 Å². The monoisotopic (exact) mass is 463 g/mol. The van der Waals surface area contributed by atoms with Crippen LogP contribution in [0.2, 0.25) is 0 Å². The lowest BCUT2D eigenvalue weighted by Crippen LogP contribution is -2.29. The maximum atomic E-state index is 15.9. The fourth-order valence-corrected chi connectivity index (χ4v) is 4.09. The minimum absolute atomic E-state index is 0.0636. The first-order chi connectivity index (χ1) is 15.3. The van der Waals surface area contributed by atoms with Gasteiger partial charge < -0.3 is 15.0 Å². The van der Waals surface area contributed by atoms with Gasteiger partial charge in [-0.05, 0) is 48.1 Å². The second kappa shape index (κ2) is 7.46. The molecule has 1 fully saturated rings. The first kappa shape index (κ1) is 23.1. The average Bonchev–Trinajstić information content (AvgIpc) is 3.41. The summed E-state index contributed by atoms with van der Waals surface area (Å²) in [7, 11) is 1.45. The Morgan fingerprint density at radius 1 is 1.18 bits per heavy atom. The molecule has 1 saturated carbocycles. The summed E-state index contributed by atoms with van der Waals surface area (Å²) in [5.41, 5.74) is -1.23. The molecule has 1 aliphatic rings. The maximum Gasteiger partial charge on any atom is 0.401 e. The van der Waals surface area contributed by atoms with Crippen LogP contribution >= 0.6 is 0 Å². The highest BCUT2D eigenvalue weighted by atomic mass is 19.4. The lowest BCUT2D eigenvalue weighted by molar-refractivity contribution is -0.162. The van der Waals surface area contributed by atoms with Crippen LogP contribution in [0.5, 0.6) is 5.75 Å². The Balaban J connectivity index is 2.05. The lowest BCUT2D eigenvalue weighted by atomic mass is 9.84. The number of halogens is 4. The van der Waals surface area contributed by atoms with Crippen molar-refractivity contribution in [2.75, 3.05) is 12.4 Å². The van der Waals surface area contributed by atoms with E-state index in [1.165, 1.54) is 32.2 Å². The fraction of sp³-hybridized carbons (Fsp3) is 0.417. The number of benzene rings is 2. The predicted octanol–water partition coefficient (Wildman–Crippen LogP) is 6.23. The number of hydrogen-bond donors (Lipinski definition) is 2. The number of fused-ring (bicyclic) bond motifs is 1. The van der Waals surface area contributed by atoms with E-state index in [0.29, 0.717) is 16.8 Å². The molecule has 1 amide bonds. The van der Waals surface area contributed by atoms with Gasteiger partial charge in [0.05, 0.1) is 23.8 Å². The van der Waals surface area contributed by atoms with Crippen molar-refractivity contribution in [1.29, 1.82) is 0 Å². The van der Waals surface area contributed by atoms with E-state index in [9.17, 15) is 18.0 Å². The number of ether oxygens (including phenoxy) is 1. The normalized spacial score (nSPS) is 15.5. The molecule has 33 heavy (non-hydrogen) atoms. The second-order valence-corrected chi connectivity index (χ2v) is 9.52. The Morgan fingerprint density at radius 3 is 2.36 bits per heavy atom. The number of hydrogen-bond acceptors (Lipinski definition) is 3. The number of carbonyl (C=O) groups is 1. The van der Waals surface area contributed by atoms with Gasteiger partial charge in [0.25, 0.3) is 0 Å². The zero-order chi connectivity index (χ0) is 24.3. The Bertz CT molecular complexity index is 1250. The number of nitrogens with one attached hydrogen (secondary N) is 2. The summed E-state index contributed by atoms with van der Waals surface area (Å²) in [6, 6.07) is 6.13. The van der Waals surface area contributed by atoms with E-state index in [1.54, 1.807) is 6.07 Å². The minimum Gasteiger partial charge on any atom is -0.497 e. The molecule has 2 aromatic carbocycles. The van der Waals surface area contributed by atoms with E-state index in [1.807, 2.05) is 20.8 Å². The van der Waals surface area contributed by atoms with E-state index in [-0.39, 0.29) is 41.0 Å². The lowest BCUT2D eigenvalue weighted by Gasteiger charge is -2.23. The van der Waals surface area contributed by atoms with Crippen LogP contribution < -0.4 is 10.1 Å². The van der Waals surface area contributed by atoms with E-state index in [0.717, 1.165) is 0 Å². The van der Waals surface area contributed by atoms with Crippen LogP contribution in [-0.4, -0.2) is 29.2 Å². The standard InChI is InChI=1S/C24H25F4N3O2/c1-12(32)29-16-6-7-17-20(31-21(30-17)23(8-9-23)24(26,27)28)18(16)14-10-13(33-5)11-15(19(14)25)22(2,3)4/h6-7,10-11H,8-9H2,1-5H3,(H,29,32)(H,30,31). The summed E-state index contributed by atoms with van der Waals surface area (Å²) in [6.45, 7) is 6.83. The Morgan fingerprint density at radius 2 is 1.85 bits per heavy atom. The Kier molecular flexibility index (Phi) is 5.22. The third-order valence-corrected chi connectivity index (χ3v) is 6.07. The molecular formula is C24H25F4N3O2. The molecule has 1 aromatic heterocycles. The van der Waals surface area contributed by atoms with Gasteiger partial charge in [-0.25, -0.2) is 9.37 Å². The van der Waals surface area contributed by atoms with Crippen LogP contribution in [0.25, 0.3) is 22.2 Å². The van der Waals surface area contributed by atoms with Gasteiger partial charge in [0.1, 0.15) is 22.8 Å². The van der Waals surface area contributed by atoms with E-state index < -0.39 is 28.7 Å². The maximum absolute atomic E-state index is 15.9. The van der Waals surface area contributed by atoms with Gasteiger partial charge in [0.2, 0.25) is 5.91 Å². The number of nitrogens with zero attached hydrogens (tertiary/aromatic N) is 1. The molecule has 0 aliphatic heterocycles. The summed E-state index contributed by atoms with van der Waals surface area (Å²) < 4.78 is 62.5. The van der Waals surface area contributed by atoms with Gasteiger partial charge in [0, 0.05) is 18.1 Å². The number of alkyl halides is 3. The van der Waals surface area contributed by atoms with Crippen molar-refractivity contribution in [2.45, 2.75) is 57.5 Å². The molecule has 9 heteroatoms. The van der Waals surface area contributed by atoms with Crippen LogP contribution in [0.4, 0.5) is 23.2 Å². The number of anilines is 1. The van der Waals surface area contributed by atoms with Crippen molar-refractivity contribution in [1.82, 2.24) is 9.97 Å². The van der Waals surface area contributed by atoms with Crippen LogP contribution in [-0.2, 0) is 15.6 Å². The topological polar surface area (TPSA) is 67.0 Å². The molecule has 0 bridgehead atoms. The Hall–Kier alpha value is -3.10. The summed E-state index contributed by atoms with van der Waals surface area (Å²) >= 11 is 0. The number of carbonyl (C=O) groups excluding carboxylic acids is 1. The molecule has 4 rings (SSSR count). The average molecular weight is 463 g/mol. The molecule has 0 saturated heterocycles. The fourth-order valence-electron chi connectivity index (χ4n) is 4.09. The highest BCUT2D eigenvalue weighted by molar-refractivity contribution is 6.04. The third-order valence-electron chi connectivity index (χ3n) is 6.07. The summed E-state index contributed by atoms with van der Waals surface area (Å²) in [5, 5.41) is 2.66. The molecule has 0 spiro atoms. The minimum atomic E-state index is -4.46. The molecule has 5 nitrogen and oxygen atoms in total.